The largest absolute Gasteiger partial charge is 0.368 e. The van der Waals surface area contributed by atoms with Crippen molar-refractivity contribution in [2.45, 2.75) is 45.1 Å². The number of hydrogen-bond donors (Lipinski definition) is 2. The third-order valence-electron chi connectivity index (χ3n) is 6.82. The molecule has 2 fully saturated rings. The molecule has 2 N–H and O–H groups in total. The van der Waals surface area contributed by atoms with Gasteiger partial charge in [0.1, 0.15) is 17.5 Å². The van der Waals surface area contributed by atoms with Crippen molar-refractivity contribution in [3.05, 3.63) is 46.0 Å². The highest BCUT2D eigenvalue weighted by atomic mass is 19.3. The molecule has 0 bridgehead atoms. The Kier molecular flexibility index (Phi) is 5.96. The number of Topliss-reactive ketones (excluding diaryl/α,β-unsaturated/α-hetero) is 1. The smallest absolute Gasteiger partial charge is 0.268 e. The van der Waals surface area contributed by atoms with Crippen LogP contribution in [0.2, 0.25) is 0 Å². The fraction of sp³-hybridized carbons (Fsp3) is 0.458. The second-order valence-electron chi connectivity index (χ2n) is 9.09. The van der Waals surface area contributed by atoms with E-state index >= 15 is 0 Å². The van der Waals surface area contributed by atoms with Gasteiger partial charge in [-0.2, -0.15) is 4.98 Å². The van der Waals surface area contributed by atoms with Crippen LogP contribution in [0.25, 0.3) is 11.0 Å². The van der Waals surface area contributed by atoms with Gasteiger partial charge in [0, 0.05) is 44.2 Å². The van der Waals surface area contributed by atoms with Crippen LogP contribution in [0.4, 0.5) is 26.2 Å². The molecule has 1 atom stereocenters. The van der Waals surface area contributed by atoms with Gasteiger partial charge in [0.2, 0.25) is 5.95 Å². The number of halogens is 2. The lowest BCUT2D eigenvalue weighted by Gasteiger charge is -2.29. The highest BCUT2D eigenvalue weighted by Gasteiger charge is 2.46. The first kappa shape index (κ1) is 23.3. The van der Waals surface area contributed by atoms with Crippen molar-refractivity contribution >= 4 is 34.3 Å². The standard InChI is InChI=1S/C24H27F2N7O2/c1-14-17-13-29-23(30-19-6-5-16(12-28-19)32-10-8-27-9-11-32)31-21(17)33(22(35)20(14)15(2)34)18-4-3-7-24(18,25)26/h5-6,12-13,18,27H,3-4,7-11H2,1-2H3,(H,28,29,30,31)/t18-/m1/s1. The average Bonchev–Trinajstić information content (AvgIpc) is 3.18. The SMILES string of the molecule is CC(=O)c1c(C)c2cnc(Nc3ccc(N4CCNCC4)cn3)nc2n([C@@H]2CCCC2(F)F)c1=O. The lowest BCUT2D eigenvalue weighted by molar-refractivity contribution is -0.0305. The summed E-state index contributed by atoms with van der Waals surface area (Å²) in [5.74, 6) is -2.93. The summed E-state index contributed by atoms with van der Waals surface area (Å²) < 4.78 is 30.5. The third-order valence-corrected chi connectivity index (χ3v) is 6.82. The fourth-order valence-electron chi connectivity index (χ4n) is 5.01. The van der Waals surface area contributed by atoms with Crippen molar-refractivity contribution in [1.29, 1.82) is 0 Å². The van der Waals surface area contributed by atoms with E-state index in [1.807, 2.05) is 6.07 Å². The number of nitrogens with zero attached hydrogens (tertiary/aromatic N) is 5. The summed E-state index contributed by atoms with van der Waals surface area (Å²) in [6.45, 7) is 6.50. The Morgan fingerprint density at radius 2 is 1.97 bits per heavy atom. The number of carbonyl (C=O) groups is 1. The van der Waals surface area contributed by atoms with Gasteiger partial charge in [0.25, 0.3) is 11.5 Å². The van der Waals surface area contributed by atoms with E-state index in [-0.39, 0.29) is 36.4 Å². The van der Waals surface area contributed by atoms with E-state index in [4.69, 9.17) is 0 Å². The second kappa shape index (κ2) is 8.95. The van der Waals surface area contributed by atoms with Crippen molar-refractivity contribution in [3.8, 4) is 0 Å². The summed E-state index contributed by atoms with van der Waals surface area (Å²) in [5.41, 5.74) is 0.632. The first-order valence-corrected chi connectivity index (χ1v) is 11.8. The summed E-state index contributed by atoms with van der Waals surface area (Å²) in [6, 6.07) is 2.38. The molecule has 184 valence electrons. The summed E-state index contributed by atoms with van der Waals surface area (Å²) in [4.78, 5) is 41.0. The molecule has 0 spiro atoms. The van der Waals surface area contributed by atoms with Crippen molar-refractivity contribution < 1.29 is 13.6 Å². The minimum absolute atomic E-state index is 0.0824. The van der Waals surface area contributed by atoms with Crippen molar-refractivity contribution in [1.82, 2.24) is 24.8 Å². The van der Waals surface area contributed by atoms with E-state index in [9.17, 15) is 18.4 Å². The zero-order valence-electron chi connectivity index (χ0n) is 19.6. The highest BCUT2D eigenvalue weighted by Crippen LogP contribution is 2.44. The van der Waals surface area contributed by atoms with Crippen LogP contribution in [0.3, 0.4) is 0 Å². The van der Waals surface area contributed by atoms with Crippen LogP contribution < -0.4 is 21.1 Å². The molecule has 35 heavy (non-hydrogen) atoms. The van der Waals surface area contributed by atoms with Gasteiger partial charge >= 0.3 is 0 Å². The van der Waals surface area contributed by atoms with E-state index in [0.29, 0.717) is 16.8 Å². The van der Waals surface area contributed by atoms with Gasteiger partial charge in [0.05, 0.1) is 17.4 Å². The number of piperazine rings is 1. The molecule has 1 aliphatic carbocycles. The molecule has 3 aromatic heterocycles. The number of alkyl halides is 2. The molecular formula is C24H27F2N7O2. The van der Waals surface area contributed by atoms with Gasteiger partial charge in [-0.05, 0) is 44.4 Å². The molecule has 0 radical (unpaired) electrons. The molecule has 1 aliphatic heterocycles. The van der Waals surface area contributed by atoms with Crippen LogP contribution in [0, 0.1) is 6.92 Å². The summed E-state index contributed by atoms with van der Waals surface area (Å²) in [5, 5.41) is 6.71. The minimum atomic E-state index is -3.07. The zero-order chi connectivity index (χ0) is 24.7. The summed E-state index contributed by atoms with van der Waals surface area (Å²) in [7, 11) is 0. The van der Waals surface area contributed by atoms with Crippen LogP contribution in [0.5, 0.6) is 0 Å². The fourth-order valence-corrected chi connectivity index (χ4v) is 5.01. The summed E-state index contributed by atoms with van der Waals surface area (Å²) >= 11 is 0. The normalized spacial score (nSPS) is 19.8. The van der Waals surface area contributed by atoms with Crippen molar-refractivity contribution in [2.75, 3.05) is 36.4 Å². The lowest BCUT2D eigenvalue weighted by Crippen LogP contribution is -2.43. The number of ketones is 1. The third kappa shape index (κ3) is 4.24. The molecule has 0 amide bonds. The number of fused-ring (bicyclic) bond motifs is 1. The molecule has 3 aromatic rings. The number of pyridine rings is 2. The van der Waals surface area contributed by atoms with E-state index < -0.39 is 23.3 Å². The quantitative estimate of drug-likeness (QED) is 0.533. The average molecular weight is 484 g/mol. The van der Waals surface area contributed by atoms with E-state index in [1.54, 1.807) is 19.2 Å². The number of nitrogens with one attached hydrogen (secondary N) is 2. The molecule has 0 aromatic carbocycles. The first-order chi connectivity index (χ1) is 16.8. The monoisotopic (exact) mass is 483 g/mol. The predicted molar refractivity (Wildman–Crippen MR) is 129 cm³/mol. The number of aryl methyl sites for hydroxylation is 1. The Morgan fingerprint density at radius 3 is 2.60 bits per heavy atom. The predicted octanol–water partition coefficient (Wildman–Crippen LogP) is 3.21. The first-order valence-electron chi connectivity index (χ1n) is 11.8. The molecule has 2 aliphatic rings. The van der Waals surface area contributed by atoms with Crippen LogP contribution in [0.1, 0.15) is 48.1 Å². The molecule has 1 saturated carbocycles. The van der Waals surface area contributed by atoms with Gasteiger partial charge in [0.15, 0.2) is 5.78 Å². The van der Waals surface area contributed by atoms with Crippen LogP contribution in [0.15, 0.2) is 29.3 Å². The Hall–Kier alpha value is -3.47. The van der Waals surface area contributed by atoms with E-state index in [0.717, 1.165) is 36.4 Å². The summed E-state index contributed by atoms with van der Waals surface area (Å²) in [6.07, 6.45) is 3.32. The maximum absolute atomic E-state index is 14.8. The maximum Gasteiger partial charge on any atom is 0.268 e. The van der Waals surface area contributed by atoms with Gasteiger partial charge in [-0.3, -0.25) is 14.2 Å². The zero-order valence-corrected chi connectivity index (χ0v) is 19.6. The Labute approximate surface area is 200 Å². The number of rotatable bonds is 5. The van der Waals surface area contributed by atoms with E-state index in [2.05, 4.69) is 30.5 Å². The molecule has 1 saturated heterocycles. The lowest BCUT2D eigenvalue weighted by atomic mass is 10.0. The van der Waals surface area contributed by atoms with Crippen LogP contribution in [-0.2, 0) is 0 Å². The van der Waals surface area contributed by atoms with Gasteiger partial charge in [-0.1, -0.05) is 0 Å². The highest BCUT2D eigenvalue weighted by molar-refractivity contribution is 5.99. The molecule has 9 nitrogen and oxygen atoms in total. The van der Waals surface area contributed by atoms with Gasteiger partial charge < -0.3 is 15.5 Å². The van der Waals surface area contributed by atoms with Crippen LogP contribution >= 0.6 is 0 Å². The molecular weight excluding hydrogens is 456 g/mol. The molecule has 5 rings (SSSR count). The van der Waals surface area contributed by atoms with Gasteiger partial charge in [-0.15, -0.1) is 0 Å². The Balaban J connectivity index is 1.55. The molecule has 0 unspecified atom stereocenters. The van der Waals surface area contributed by atoms with Crippen LogP contribution in [-0.4, -0.2) is 57.4 Å². The Bertz CT molecular complexity index is 1330. The van der Waals surface area contributed by atoms with Crippen molar-refractivity contribution in [2.24, 2.45) is 0 Å². The topological polar surface area (TPSA) is 105 Å². The maximum atomic E-state index is 14.8. The minimum Gasteiger partial charge on any atom is -0.368 e. The molecule has 4 heterocycles. The second-order valence-corrected chi connectivity index (χ2v) is 9.09. The van der Waals surface area contributed by atoms with E-state index in [1.165, 1.54) is 13.1 Å². The van der Waals surface area contributed by atoms with Gasteiger partial charge in [-0.25, -0.2) is 18.7 Å². The Morgan fingerprint density at radius 1 is 1.20 bits per heavy atom. The number of aromatic nitrogens is 4. The number of anilines is 3. The molecule has 11 heteroatoms. The van der Waals surface area contributed by atoms with Crippen molar-refractivity contribution in [3.63, 3.8) is 0 Å². The number of carbonyl (C=O) groups excluding carboxylic acids is 1. The number of hydrogen-bond acceptors (Lipinski definition) is 8.